The molecule has 0 saturated heterocycles. The van der Waals surface area contributed by atoms with Gasteiger partial charge >= 0.3 is 0 Å². The summed E-state index contributed by atoms with van der Waals surface area (Å²) in [5.74, 6) is 1.71. The van der Waals surface area contributed by atoms with Crippen LogP contribution in [-0.4, -0.2) is 42.6 Å². The highest BCUT2D eigenvalue weighted by Gasteiger charge is 2.34. The first-order chi connectivity index (χ1) is 11.0. The topological polar surface area (TPSA) is 39.7 Å². The summed E-state index contributed by atoms with van der Waals surface area (Å²) in [7, 11) is 1.85. The van der Waals surface area contributed by atoms with Crippen molar-refractivity contribution in [2.45, 2.75) is 51.7 Å². The van der Waals surface area contributed by atoms with Gasteiger partial charge in [-0.15, -0.1) is 0 Å². The third-order valence-corrected chi connectivity index (χ3v) is 5.33. The molecule has 1 aromatic carbocycles. The van der Waals surface area contributed by atoms with Crippen LogP contribution in [-0.2, 0) is 13.0 Å². The standard InChI is InChI=1S/C19H30N4/c1-14-11-17(14)22-18(20-4)21-13-19(2,3)23-10-9-15-7-5-6-8-16(15)12-23/h5-8,14,17H,9-13H2,1-4H3,(H2,20,21,22). The van der Waals surface area contributed by atoms with Crippen molar-refractivity contribution in [3.63, 3.8) is 0 Å². The van der Waals surface area contributed by atoms with Crippen LogP contribution in [0.3, 0.4) is 0 Å². The summed E-state index contributed by atoms with van der Waals surface area (Å²) in [4.78, 5) is 6.94. The molecule has 1 aromatic rings. The number of fused-ring (bicyclic) bond motifs is 1. The van der Waals surface area contributed by atoms with Crippen molar-refractivity contribution in [2.24, 2.45) is 10.9 Å². The van der Waals surface area contributed by atoms with Crippen LogP contribution in [0.25, 0.3) is 0 Å². The Morgan fingerprint density at radius 2 is 2.00 bits per heavy atom. The van der Waals surface area contributed by atoms with Crippen molar-refractivity contribution in [3.05, 3.63) is 35.4 Å². The fourth-order valence-electron chi connectivity index (χ4n) is 3.32. The van der Waals surface area contributed by atoms with Gasteiger partial charge in [0, 0.05) is 38.3 Å². The van der Waals surface area contributed by atoms with Crippen molar-refractivity contribution < 1.29 is 0 Å². The van der Waals surface area contributed by atoms with Crippen LogP contribution in [0.15, 0.2) is 29.3 Å². The molecular weight excluding hydrogens is 284 g/mol. The van der Waals surface area contributed by atoms with Gasteiger partial charge < -0.3 is 10.6 Å². The molecule has 2 N–H and O–H groups in total. The Bertz CT molecular complexity index is 578. The van der Waals surface area contributed by atoms with E-state index in [-0.39, 0.29) is 5.54 Å². The molecule has 1 saturated carbocycles. The summed E-state index contributed by atoms with van der Waals surface area (Å²) in [6.45, 7) is 9.98. The number of nitrogens with zero attached hydrogens (tertiary/aromatic N) is 2. The second-order valence-corrected chi connectivity index (χ2v) is 7.64. The molecule has 4 nitrogen and oxygen atoms in total. The third-order valence-electron chi connectivity index (χ3n) is 5.33. The van der Waals surface area contributed by atoms with Crippen molar-refractivity contribution in [1.82, 2.24) is 15.5 Å². The van der Waals surface area contributed by atoms with Crippen LogP contribution in [0.2, 0.25) is 0 Å². The monoisotopic (exact) mass is 314 g/mol. The SMILES string of the molecule is CN=C(NCC(C)(C)N1CCc2ccccc2C1)NC1CC1C. The number of guanidine groups is 1. The lowest BCUT2D eigenvalue weighted by Crippen LogP contribution is -2.54. The molecule has 0 amide bonds. The van der Waals surface area contributed by atoms with E-state index in [2.05, 4.69) is 65.6 Å². The van der Waals surface area contributed by atoms with E-state index in [9.17, 15) is 0 Å². The molecule has 0 bridgehead atoms. The predicted octanol–water partition coefficient (Wildman–Crippen LogP) is 2.40. The number of rotatable bonds is 4. The van der Waals surface area contributed by atoms with Crippen molar-refractivity contribution in [1.29, 1.82) is 0 Å². The van der Waals surface area contributed by atoms with Gasteiger partial charge in [-0.2, -0.15) is 0 Å². The number of nitrogens with one attached hydrogen (secondary N) is 2. The van der Waals surface area contributed by atoms with E-state index >= 15 is 0 Å². The van der Waals surface area contributed by atoms with Crippen LogP contribution in [0.4, 0.5) is 0 Å². The van der Waals surface area contributed by atoms with Gasteiger partial charge in [-0.3, -0.25) is 9.89 Å². The zero-order chi connectivity index (χ0) is 16.4. The zero-order valence-corrected chi connectivity index (χ0v) is 14.9. The lowest BCUT2D eigenvalue weighted by atomic mass is 9.94. The third kappa shape index (κ3) is 3.86. The molecule has 0 radical (unpaired) electrons. The smallest absolute Gasteiger partial charge is 0.191 e. The Kier molecular flexibility index (Phi) is 4.62. The van der Waals surface area contributed by atoms with Crippen molar-refractivity contribution >= 4 is 5.96 Å². The first kappa shape index (κ1) is 16.3. The average molecular weight is 314 g/mol. The van der Waals surface area contributed by atoms with Gasteiger partial charge in [-0.25, -0.2) is 0 Å². The van der Waals surface area contributed by atoms with E-state index in [1.165, 1.54) is 17.5 Å². The molecule has 0 aromatic heterocycles. The predicted molar refractivity (Wildman–Crippen MR) is 96.7 cm³/mol. The maximum atomic E-state index is 4.36. The average Bonchev–Trinajstić information content (AvgIpc) is 3.26. The van der Waals surface area contributed by atoms with Gasteiger partial charge in [-0.05, 0) is 43.7 Å². The maximum Gasteiger partial charge on any atom is 0.191 e. The van der Waals surface area contributed by atoms with Crippen molar-refractivity contribution in [3.8, 4) is 0 Å². The molecule has 23 heavy (non-hydrogen) atoms. The van der Waals surface area contributed by atoms with Gasteiger partial charge in [0.1, 0.15) is 0 Å². The number of hydrogen-bond acceptors (Lipinski definition) is 2. The zero-order valence-electron chi connectivity index (χ0n) is 14.9. The van der Waals surface area contributed by atoms with E-state index in [4.69, 9.17) is 0 Å². The Labute approximate surface area is 140 Å². The van der Waals surface area contributed by atoms with Gasteiger partial charge in [0.25, 0.3) is 0 Å². The Hall–Kier alpha value is -1.55. The minimum absolute atomic E-state index is 0.0975. The van der Waals surface area contributed by atoms with Gasteiger partial charge in [0.05, 0.1) is 0 Å². The normalized spacial score (nSPS) is 25.0. The number of aliphatic imine (C=N–C) groups is 1. The fourth-order valence-corrected chi connectivity index (χ4v) is 3.32. The molecule has 2 aliphatic rings. The van der Waals surface area contributed by atoms with E-state index in [0.717, 1.165) is 37.9 Å². The van der Waals surface area contributed by atoms with Gasteiger partial charge in [0.2, 0.25) is 0 Å². The van der Waals surface area contributed by atoms with Gasteiger partial charge in [0.15, 0.2) is 5.96 Å². The highest BCUT2D eigenvalue weighted by Crippen LogP contribution is 2.29. The lowest BCUT2D eigenvalue weighted by molar-refractivity contribution is 0.107. The Morgan fingerprint density at radius 3 is 2.65 bits per heavy atom. The number of benzene rings is 1. The van der Waals surface area contributed by atoms with Crippen LogP contribution in [0, 0.1) is 5.92 Å². The molecule has 3 rings (SSSR count). The van der Waals surface area contributed by atoms with Gasteiger partial charge in [-0.1, -0.05) is 31.2 Å². The van der Waals surface area contributed by atoms with E-state index < -0.39 is 0 Å². The van der Waals surface area contributed by atoms with E-state index in [1.807, 2.05) is 7.05 Å². The second kappa shape index (κ2) is 6.52. The summed E-state index contributed by atoms with van der Waals surface area (Å²) in [6.07, 6.45) is 2.40. The van der Waals surface area contributed by atoms with E-state index in [0.29, 0.717) is 6.04 Å². The van der Waals surface area contributed by atoms with Crippen LogP contribution in [0.1, 0.15) is 38.3 Å². The molecule has 126 valence electrons. The summed E-state index contributed by atoms with van der Waals surface area (Å²) >= 11 is 0. The van der Waals surface area contributed by atoms with Crippen molar-refractivity contribution in [2.75, 3.05) is 20.1 Å². The van der Waals surface area contributed by atoms with Crippen LogP contribution < -0.4 is 10.6 Å². The largest absolute Gasteiger partial charge is 0.355 e. The first-order valence-electron chi connectivity index (χ1n) is 8.78. The summed E-state index contributed by atoms with van der Waals surface area (Å²) < 4.78 is 0. The quantitative estimate of drug-likeness (QED) is 0.662. The number of hydrogen-bond donors (Lipinski definition) is 2. The minimum Gasteiger partial charge on any atom is -0.355 e. The lowest BCUT2D eigenvalue weighted by Gasteiger charge is -2.42. The van der Waals surface area contributed by atoms with Crippen LogP contribution in [0.5, 0.6) is 0 Å². The maximum absolute atomic E-state index is 4.36. The summed E-state index contributed by atoms with van der Waals surface area (Å²) in [5, 5.41) is 7.02. The molecule has 1 aliphatic carbocycles. The second-order valence-electron chi connectivity index (χ2n) is 7.64. The summed E-state index contributed by atoms with van der Waals surface area (Å²) in [6, 6.07) is 9.43. The molecule has 1 heterocycles. The molecule has 1 aliphatic heterocycles. The highest BCUT2D eigenvalue weighted by molar-refractivity contribution is 5.80. The van der Waals surface area contributed by atoms with E-state index in [1.54, 1.807) is 0 Å². The highest BCUT2D eigenvalue weighted by atomic mass is 15.3. The Balaban J connectivity index is 1.56. The Morgan fingerprint density at radius 1 is 1.30 bits per heavy atom. The fraction of sp³-hybridized carbons (Fsp3) is 0.632. The molecule has 2 atom stereocenters. The molecule has 4 heteroatoms. The first-order valence-corrected chi connectivity index (χ1v) is 8.78. The molecule has 0 spiro atoms. The molecule has 2 unspecified atom stereocenters. The molecule has 1 fully saturated rings. The van der Waals surface area contributed by atoms with Crippen LogP contribution >= 0.6 is 0 Å². The molecular formula is C19H30N4. The summed E-state index contributed by atoms with van der Waals surface area (Å²) in [5.41, 5.74) is 3.08. The minimum atomic E-state index is 0.0975.